The van der Waals surface area contributed by atoms with Gasteiger partial charge in [-0.25, -0.2) is 0 Å². The predicted octanol–water partition coefficient (Wildman–Crippen LogP) is 2.43. The van der Waals surface area contributed by atoms with E-state index in [2.05, 4.69) is 43.2 Å². The molecule has 0 aliphatic heterocycles. The van der Waals surface area contributed by atoms with Gasteiger partial charge in [-0.15, -0.1) is 0 Å². The molecule has 0 atom stereocenters. The van der Waals surface area contributed by atoms with Gasteiger partial charge in [0.1, 0.15) is 23.3 Å². The van der Waals surface area contributed by atoms with Gasteiger partial charge in [0.15, 0.2) is 11.3 Å². The van der Waals surface area contributed by atoms with Crippen LogP contribution >= 0.6 is 15.9 Å². The standard InChI is InChI=1S/C14H19N5O.C12H13BrN4O/c1-5-12-10(2)18(7-6-17(3)4)13-11(8-15)9-16-19(13)14(12)20;1-3-10-8(2)16(5-4-13)11-9(6-14)7-15-17(11)12(10)18/h9H,5-7H2,1-4H3;7H,3-5H2,1-2H3. The number of aryl methyl sites for hydroxylation is 1. The number of halogens is 1. The summed E-state index contributed by atoms with van der Waals surface area (Å²) in [5, 5.41) is 27.2. The molecule has 0 fully saturated rings. The molecule has 0 saturated heterocycles. The minimum absolute atomic E-state index is 0.123. The van der Waals surface area contributed by atoms with Crippen molar-refractivity contribution in [1.29, 1.82) is 10.5 Å². The lowest BCUT2D eigenvalue weighted by Gasteiger charge is -2.18. The number of fused-ring (bicyclic) bond motifs is 2. The second kappa shape index (κ2) is 12.2. The largest absolute Gasteiger partial charge is 0.328 e. The van der Waals surface area contributed by atoms with E-state index in [0.29, 0.717) is 41.8 Å². The summed E-state index contributed by atoms with van der Waals surface area (Å²) in [6.45, 7) is 10.0. The summed E-state index contributed by atoms with van der Waals surface area (Å²) in [5.41, 5.74) is 5.12. The first-order valence-electron chi connectivity index (χ1n) is 12.4. The summed E-state index contributed by atoms with van der Waals surface area (Å²) in [4.78, 5) is 26.7. The van der Waals surface area contributed by atoms with Crippen molar-refractivity contribution >= 4 is 27.2 Å². The predicted molar refractivity (Wildman–Crippen MR) is 149 cm³/mol. The molecule has 0 amide bonds. The molecule has 200 valence electrons. The number of hydrogen-bond acceptors (Lipinski definition) is 7. The van der Waals surface area contributed by atoms with Crippen molar-refractivity contribution in [1.82, 2.24) is 33.3 Å². The van der Waals surface area contributed by atoms with Crippen LogP contribution in [-0.2, 0) is 25.9 Å². The van der Waals surface area contributed by atoms with Crippen molar-refractivity contribution in [2.75, 3.05) is 26.0 Å². The number of alkyl halides is 1. The fraction of sp³-hybridized carbons (Fsp3) is 0.462. The maximum atomic E-state index is 12.4. The van der Waals surface area contributed by atoms with E-state index in [1.165, 1.54) is 21.4 Å². The molecule has 0 N–H and O–H groups in total. The smallest absolute Gasteiger partial charge is 0.277 e. The molecule has 0 radical (unpaired) electrons. The molecule has 4 heterocycles. The molecule has 11 nitrogen and oxygen atoms in total. The number of aromatic nitrogens is 6. The minimum Gasteiger partial charge on any atom is -0.328 e. The second-order valence-corrected chi connectivity index (χ2v) is 9.84. The van der Waals surface area contributed by atoms with Gasteiger partial charge in [-0.1, -0.05) is 29.8 Å². The minimum atomic E-state index is -0.127. The molecule has 0 spiro atoms. The molecule has 0 bridgehead atoms. The van der Waals surface area contributed by atoms with E-state index in [-0.39, 0.29) is 11.1 Å². The molecule has 0 aliphatic rings. The molecule has 0 unspecified atom stereocenters. The number of hydrogen-bond donors (Lipinski definition) is 0. The number of likely N-dealkylation sites (N-methyl/N-ethyl adjacent to an activating group) is 1. The van der Waals surface area contributed by atoms with E-state index in [1.54, 1.807) is 0 Å². The Bertz CT molecular complexity index is 1680. The van der Waals surface area contributed by atoms with E-state index < -0.39 is 0 Å². The Hall–Kier alpha value is -3.74. The van der Waals surface area contributed by atoms with E-state index in [0.717, 1.165) is 40.9 Å². The molecule has 4 aromatic heterocycles. The summed E-state index contributed by atoms with van der Waals surface area (Å²) in [6.07, 6.45) is 4.22. The van der Waals surface area contributed by atoms with Gasteiger partial charge in [0, 0.05) is 47.5 Å². The van der Waals surface area contributed by atoms with Crippen molar-refractivity contribution in [3.8, 4) is 12.1 Å². The van der Waals surface area contributed by atoms with Gasteiger partial charge < -0.3 is 14.0 Å². The normalized spacial score (nSPS) is 11.0. The van der Waals surface area contributed by atoms with Crippen LogP contribution in [0.1, 0.15) is 47.5 Å². The average Bonchev–Trinajstić information content (AvgIpc) is 3.52. The highest BCUT2D eigenvalue weighted by Gasteiger charge is 2.18. The summed E-state index contributed by atoms with van der Waals surface area (Å²) < 4.78 is 6.67. The van der Waals surface area contributed by atoms with Crippen LogP contribution in [0.4, 0.5) is 0 Å². The van der Waals surface area contributed by atoms with E-state index in [4.69, 9.17) is 5.26 Å². The number of nitrogens with zero attached hydrogens (tertiary/aromatic N) is 9. The maximum Gasteiger partial charge on any atom is 0.277 e. The molecule has 0 aliphatic carbocycles. The zero-order valence-electron chi connectivity index (χ0n) is 22.6. The third-order valence-corrected chi connectivity index (χ3v) is 6.96. The molecule has 12 heteroatoms. The van der Waals surface area contributed by atoms with Crippen molar-refractivity contribution in [2.45, 2.75) is 53.6 Å². The van der Waals surface area contributed by atoms with E-state index in [1.807, 2.05) is 50.9 Å². The van der Waals surface area contributed by atoms with Crippen molar-refractivity contribution in [2.24, 2.45) is 0 Å². The topological polar surface area (TPSA) is 129 Å². The van der Waals surface area contributed by atoms with Crippen LogP contribution in [0.5, 0.6) is 0 Å². The average molecular weight is 583 g/mol. The zero-order valence-corrected chi connectivity index (χ0v) is 24.2. The SMILES string of the molecule is CCc1c(C)n(CCBr)c2c(C#N)cnn2c1=O.CCc1c(C)n(CCN(C)C)c2c(C#N)cnn2c1=O. The van der Waals surface area contributed by atoms with Crippen LogP contribution in [0.25, 0.3) is 11.3 Å². The summed E-state index contributed by atoms with van der Waals surface area (Å²) >= 11 is 3.39. The third-order valence-electron chi connectivity index (χ3n) is 6.61. The van der Waals surface area contributed by atoms with Crippen LogP contribution < -0.4 is 11.1 Å². The van der Waals surface area contributed by atoms with Gasteiger partial charge in [0.05, 0.1) is 12.4 Å². The molecule has 4 aromatic rings. The highest BCUT2D eigenvalue weighted by molar-refractivity contribution is 9.09. The second-order valence-electron chi connectivity index (χ2n) is 9.05. The Labute approximate surface area is 229 Å². The van der Waals surface area contributed by atoms with Crippen molar-refractivity contribution < 1.29 is 0 Å². The summed E-state index contributed by atoms with van der Waals surface area (Å²) in [5.74, 6) is 0. The first-order chi connectivity index (χ1) is 18.2. The van der Waals surface area contributed by atoms with E-state index >= 15 is 0 Å². The van der Waals surface area contributed by atoms with Gasteiger partial charge in [-0.3, -0.25) is 9.59 Å². The lowest BCUT2D eigenvalue weighted by Crippen LogP contribution is -2.28. The Kier molecular flexibility index (Phi) is 9.26. The lowest BCUT2D eigenvalue weighted by atomic mass is 10.1. The highest BCUT2D eigenvalue weighted by atomic mass is 79.9. The molecule has 4 rings (SSSR count). The van der Waals surface area contributed by atoms with Gasteiger partial charge in [0.25, 0.3) is 11.1 Å². The first-order valence-corrected chi connectivity index (χ1v) is 13.5. The Morgan fingerprint density at radius 2 is 1.26 bits per heavy atom. The lowest BCUT2D eigenvalue weighted by molar-refractivity contribution is 0.382. The van der Waals surface area contributed by atoms with Crippen LogP contribution in [0.15, 0.2) is 22.0 Å². The molecule has 38 heavy (non-hydrogen) atoms. The van der Waals surface area contributed by atoms with Gasteiger partial charge in [-0.2, -0.15) is 29.8 Å². The van der Waals surface area contributed by atoms with Crippen LogP contribution in [0.3, 0.4) is 0 Å². The van der Waals surface area contributed by atoms with E-state index in [9.17, 15) is 14.9 Å². The van der Waals surface area contributed by atoms with Gasteiger partial charge >= 0.3 is 0 Å². The Balaban J connectivity index is 0.000000212. The summed E-state index contributed by atoms with van der Waals surface area (Å²) in [7, 11) is 3.99. The monoisotopic (exact) mass is 581 g/mol. The Morgan fingerprint density at radius 3 is 1.61 bits per heavy atom. The Morgan fingerprint density at radius 1 is 0.842 bits per heavy atom. The van der Waals surface area contributed by atoms with Crippen molar-refractivity contribution in [3.05, 3.63) is 66.7 Å². The fourth-order valence-electron chi connectivity index (χ4n) is 4.61. The summed E-state index contributed by atoms with van der Waals surface area (Å²) in [6, 6.07) is 4.20. The molecular formula is C26H32BrN9O2. The third kappa shape index (κ3) is 5.15. The number of rotatable bonds is 7. The fourth-order valence-corrected chi connectivity index (χ4v) is 4.97. The van der Waals surface area contributed by atoms with Crippen LogP contribution in [0.2, 0.25) is 0 Å². The quantitative estimate of drug-likeness (QED) is 0.306. The maximum absolute atomic E-state index is 12.4. The first kappa shape index (κ1) is 28.8. The van der Waals surface area contributed by atoms with Gasteiger partial charge in [-0.05, 0) is 40.8 Å². The highest BCUT2D eigenvalue weighted by Crippen LogP contribution is 2.15. The molecule has 0 saturated carbocycles. The zero-order chi connectivity index (χ0) is 28.1. The van der Waals surface area contributed by atoms with Crippen LogP contribution in [0, 0.1) is 36.5 Å². The number of nitriles is 2. The molecule has 0 aromatic carbocycles. The molecular weight excluding hydrogens is 550 g/mol. The van der Waals surface area contributed by atoms with Crippen LogP contribution in [-0.4, -0.2) is 59.2 Å². The van der Waals surface area contributed by atoms with Crippen molar-refractivity contribution in [3.63, 3.8) is 0 Å². The van der Waals surface area contributed by atoms with Gasteiger partial charge in [0.2, 0.25) is 0 Å².